The van der Waals surface area contributed by atoms with E-state index in [0.717, 1.165) is 0 Å². The normalized spacial score (nSPS) is 33.8. The Morgan fingerprint density at radius 3 is 1.94 bits per heavy atom. The lowest BCUT2D eigenvalue weighted by molar-refractivity contribution is 0.170. The van der Waals surface area contributed by atoms with E-state index in [1.807, 2.05) is 0 Å². The van der Waals surface area contributed by atoms with Gasteiger partial charge in [-0.05, 0) is 51.2 Å². The van der Waals surface area contributed by atoms with Gasteiger partial charge in [0, 0.05) is 12.1 Å². The highest BCUT2D eigenvalue weighted by Crippen LogP contribution is 2.44. The Hall–Kier alpha value is -0.0800. The van der Waals surface area contributed by atoms with Crippen molar-refractivity contribution in [3.63, 3.8) is 0 Å². The summed E-state index contributed by atoms with van der Waals surface area (Å²) in [7, 11) is 6.53. The summed E-state index contributed by atoms with van der Waals surface area (Å²) in [6.45, 7) is 9.67. The summed E-state index contributed by atoms with van der Waals surface area (Å²) in [6, 6.07) is 1.27. The highest BCUT2D eigenvalue weighted by molar-refractivity contribution is 4.95. The van der Waals surface area contributed by atoms with Crippen molar-refractivity contribution in [1.82, 2.24) is 10.2 Å². The minimum Gasteiger partial charge on any atom is -0.315 e. The molecule has 0 heterocycles. The first-order valence-electron chi connectivity index (χ1n) is 6.51. The van der Waals surface area contributed by atoms with Crippen molar-refractivity contribution in [1.29, 1.82) is 0 Å². The van der Waals surface area contributed by atoms with Crippen molar-refractivity contribution in [2.24, 2.45) is 10.8 Å². The molecule has 0 aliphatic heterocycles. The molecule has 1 aliphatic carbocycles. The molecule has 2 heteroatoms. The molecule has 0 amide bonds. The fourth-order valence-electron chi connectivity index (χ4n) is 3.72. The number of nitrogens with zero attached hydrogens (tertiary/aromatic N) is 1. The molecule has 0 saturated heterocycles. The predicted molar refractivity (Wildman–Crippen MR) is 71.7 cm³/mol. The number of hydrogen-bond donors (Lipinski definition) is 1. The van der Waals surface area contributed by atoms with Crippen LogP contribution in [0.15, 0.2) is 0 Å². The second-order valence-corrected chi connectivity index (χ2v) is 7.34. The van der Waals surface area contributed by atoms with E-state index < -0.39 is 0 Å². The standard InChI is InChI=1S/C14H30N2/c1-13(2)8-11(15-5)12(16(6)7)9-14(3,4)10-13/h11-12,15H,8-10H2,1-7H3. The van der Waals surface area contributed by atoms with E-state index in [1.165, 1.54) is 19.3 Å². The van der Waals surface area contributed by atoms with Gasteiger partial charge in [-0.2, -0.15) is 0 Å². The van der Waals surface area contributed by atoms with Gasteiger partial charge >= 0.3 is 0 Å². The maximum absolute atomic E-state index is 3.53. The summed E-state index contributed by atoms with van der Waals surface area (Å²) in [5.41, 5.74) is 0.895. The van der Waals surface area contributed by atoms with E-state index >= 15 is 0 Å². The van der Waals surface area contributed by atoms with Gasteiger partial charge in [0.1, 0.15) is 0 Å². The van der Waals surface area contributed by atoms with Gasteiger partial charge in [0.05, 0.1) is 0 Å². The predicted octanol–water partition coefficient (Wildman–Crippen LogP) is 2.74. The Kier molecular flexibility index (Phi) is 4.07. The van der Waals surface area contributed by atoms with Crippen LogP contribution in [0.25, 0.3) is 0 Å². The third-order valence-electron chi connectivity index (χ3n) is 3.99. The van der Waals surface area contributed by atoms with Crippen LogP contribution in [0, 0.1) is 10.8 Å². The molecular weight excluding hydrogens is 196 g/mol. The van der Waals surface area contributed by atoms with Crippen molar-refractivity contribution < 1.29 is 0 Å². The molecule has 1 aliphatic rings. The monoisotopic (exact) mass is 226 g/mol. The maximum Gasteiger partial charge on any atom is 0.0248 e. The molecule has 1 N–H and O–H groups in total. The van der Waals surface area contributed by atoms with E-state index in [1.54, 1.807) is 0 Å². The Labute approximate surface area is 102 Å². The average molecular weight is 226 g/mol. The topological polar surface area (TPSA) is 15.3 Å². The highest BCUT2D eigenvalue weighted by atomic mass is 15.1. The van der Waals surface area contributed by atoms with Crippen LogP contribution in [0.1, 0.15) is 47.0 Å². The summed E-state index contributed by atoms with van der Waals surface area (Å²) >= 11 is 0. The van der Waals surface area contributed by atoms with Gasteiger partial charge in [-0.3, -0.25) is 0 Å². The molecule has 0 bridgehead atoms. The zero-order valence-electron chi connectivity index (χ0n) is 12.2. The number of hydrogen-bond acceptors (Lipinski definition) is 2. The number of nitrogens with one attached hydrogen (secondary N) is 1. The third kappa shape index (κ3) is 3.46. The van der Waals surface area contributed by atoms with E-state index in [0.29, 0.717) is 22.9 Å². The smallest absolute Gasteiger partial charge is 0.0248 e. The summed E-state index contributed by atoms with van der Waals surface area (Å²) in [5.74, 6) is 0. The van der Waals surface area contributed by atoms with Crippen LogP contribution in [0.2, 0.25) is 0 Å². The minimum atomic E-state index is 0.446. The van der Waals surface area contributed by atoms with E-state index in [-0.39, 0.29) is 0 Å². The van der Waals surface area contributed by atoms with Crippen molar-refractivity contribution in [3.8, 4) is 0 Å². The fraction of sp³-hybridized carbons (Fsp3) is 1.00. The zero-order chi connectivity index (χ0) is 12.6. The third-order valence-corrected chi connectivity index (χ3v) is 3.99. The number of rotatable bonds is 2. The van der Waals surface area contributed by atoms with Crippen LogP contribution in [0.4, 0.5) is 0 Å². The Balaban J connectivity index is 2.94. The van der Waals surface area contributed by atoms with Crippen LogP contribution >= 0.6 is 0 Å². The highest BCUT2D eigenvalue weighted by Gasteiger charge is 2.40. The largest absolute Gasteiger partial charge is 0.315 e. The molecule has 1 fully saturated rings. The molecule has 96 valence electrons. The van der Waals surface area contributed by atoms with E-state index in [4.69, 9.17) is 0 Å². The Morgan fingerprint density at radius 1 is 1.00 bits per heavy atom. The fourth-order valence-corrected chi connectivity index (χ4v) is 3.72. The molecule has 0 radical (unpaired) electrons. The lowest BCUT2D eigenvalue weighted by atomic mass is 9.74. The molecule has 0 spiro atoms. The minimum absolute atomic E-state index is 0.446. The molecule has 0 aromatic rings. The van der Waals surface area contributed by atoms with Crippen LogP contribution in [-0.4, -0.2) is 38.1 Å². The molecule has 2 nitrogen and oxygen atoms in total. The summed E-state index contributed by atoms with van der Waals surface area (Å²) < 4.78 is 0. The first kappa shape index (κ1) is 14.0. The molecule has 1 rings (SSSR count). The number of likely N-dealkylation sites (N-methyl/N-ethyl adjacent to an activating group) is 2. The van der Waals surface area contributed by atoms with E-state index in [9.17, 15) is 0 Å². The SMILES string of the molecule is CNC1CC(C)(C)CC(C)(C)CC1N(C)C. The second kappa shape index (κ2) is 4.66. The van der Waals surface area contributed by atoms with Gasteiger partial charge in [0.2, 0.25) is 0 Å². The van der Waals surface area contributed by atoms with Gasteiger partial charge in [-0.25, -0.2) is 0 Å². The van der Waals surface area contributed by atoms with Gasteiger partial charge in [-0.1, -0.05) is 27.7 Å². The lowest BCUT2D eigenvalue weighted by Gasteiger charge is -2.34. The van der Waals surface area contributed by atoms with Gasteiger partial charge < -0.3 is 10.2 Å². The van der Waals surface area contributed by atoms with Crippen molar-refractivity contribution in [2.45, 2.75) is 59.0 Å². The Morgan fingerprint density at radius 2 is 1.50 bits per heavy atom. The van der Waals surface area contributed by atoms with Crippen molar-refractivity contribution in [3.05, 3.63) is 0 Å². The molecule has 1 saturated carbocycles. The van der Waals surface area contributed by atoms with Crippen LogP contribution in [0.3, 0.4) is 0 Å². The van der Waals surface area contributed by atoms with Gasteiger partial charge in [-0.15, -0.1) is 0 Å². The molecule has 2 unspecified atom stereocenters. The second-order valence-electron chi connectivity index (χ2n) is 7.34. The first-order chi connectivity index (χ1) is 7.17. The van der Waals surface area contributed by atoms with Gasteiger partial charge in [0.15, 0.2) is 0 Å². The summed E-state index contributed by atoms with van der Waals surface area (Å²) in [5, 5.41) is 3.53. The lowest BCUT2D eigenvalue weighted by Crippen LogP contribution is -2.47. The van der Waals surface area contributed by atoms with Gasteiger partial charge in [0.25, 0.3) is 0 Å². The molecule has 2 atom stereocenters. The summed E-state index contributed by atoms with van der Waals surface area (Å²) in [4.78, 5) is 2.39. The van der Waals surface area contributed by atoms with Crippen molar-refractivity contribution in [2.75, 3.05) is 21.1 Å². The first-order valence-corrected chi connectivity index (χ1v) is 6.51. The van der Waals surface area contributed by atoms with Crippen LogP contribution < -0.4 is 5.32 Å². The average Bonchev–Trinajstić information content (AvgIpc) is 2.17. The maximum atomic E-state index is 3.53. The molecule has 16 heavy (non-hydrogen) atoms. The Bertz CT molecular complexity index is 231. The molecule has 0 aromatic carbocycles. The molecule has 0 aromatic heterocycles. The summed E-state index contributed by atoms with van der Waals surface area (Å²) in [6.07, 6.45) is 3.88. The van der Waals surface area contributed by atoms with Crippen LogP contribution in [0.5, 0.6) is 0 Å². The molecular formula is C14H30N2. The zero-order valence-corrected chi connectivity index (χ0v) is 12.2. The van der Waals surface area contributed by atoms with Crippen molar-refractivity contribution >= 4 is 0 Å². The van der Waals surface area contributed by atoms with Crippen LogP contribution in [-0.2, 0) is 0 Å². The quantitative estimate of drug-likeness (QED) is 0.728. The van der Waals surface area contributed by atoms with E-state index in [2.05, 4.69) is 59.1 Å².